The second-order valence-corrected chi connectivity index (χ2v) is 8.78. The van der Waals surface area contributed by atoms with Gasteiger partial charge in [-0.15, -0.1) is 0 Å². The predicted molar refractivity (Wildman–Crippen MR) is 123 cm³/mol. The summed E-state index contributed by atoms with van der Waals surface area (Å²) < 4.78 is 40.7. The quantitative estimate of drug-likeness (QED) is 0.443. The number of anilines is 1. The first-order valence-electron chi connectivity index (χ1n) is 10.1. The highest BCUT2D eigenvalue weighted by Crippen LogP contribution is 2.30. The molecule has 0 atom stereocenters. The van der Waals surface area contributed by atoms with Crippen LogP contribution in [0.25, 0.3) is 16.7 Å². The standard InChI is InChI=1S/C23H21N5O4S/c1-4-32-17-8-10-18(11-9-17)33(29,30)27-23-16(13-24)14-25-28(23)21-12-15(2)19-6-5-7-20(31-3)22(19)26-21/h5-12,14,27H,4H2,1-3H3. The van der Waals surface area contributed by atoms with E-state index in [1.807, 2.05) is 32.0 Å². The highest BCUT2D eigenvalue weighted by molar-refractivity contribution is 7.92. The number of nitrogens with zero attached hydrogens (tertiary/aromatic N) is 4. The summed E-state index contributed by atoms with van der Waals surface area (Å²) in [5, 5.41) is 14.7. The number of hydrogen-bond acceptors (Lipinski definition) is 7. The molecule has 2 heterocycles. The van der Waals surface area contributed by atoms with Gasteiger partial charge in [0.25, 0.3) is 10.0 Å². The summed E-state index contributed by atoms with van der Waals surface area (Å²) in [6.07, 6.45) is 1.29. The van der Waals surface area contributed by atoms with Crippen LogP contribution in [-0.2, 0) is 10.0 Å². The number of nitrogens with one attached hydrogen (secondary N) is 1. The van der Waals surface area contributed by atoms with Crippen LogP contribution in [0.15, 0.2) is 59.6 Å². The number of aryl methyl sites for hydroxylation is 1. The Morgan fingerprint density at radius 1 is 1.18 bits per heavy atom. The Hall–Kier alpha value is -4.10. The molecule has 0 aliphatic heterocycles. The molecule has 4 aromatic rings. The van der Waals surface area contributed by atoms with Gasteiger partial charge in [0.1, 0.15) is 28.6 Å². The Balaban J connectivity index is 1.80. The van der Waals surface area contributed by atoms with E-state index in [2.05, 4.69) is 14.8 Å². The summed E-state index contributed by atoms with van der Waals surface area (Å²) >= 11 is 0. The second-order valence-electron chi connectivity index (χ2n) is 7.09. The number of hydrogen-bond donors (Lipinski definition) is 1. The third-order valence-electron chi connectivity index (χ3n) is 5.00. The topological polar surface area (TPSA) is 119 Å². The maximum atomic E-state index is 13.1. The molecule has 0 spiro atoms. The van der Waals surface area contributed by atoms with Crippen LogP contribution in [0.5, 0.6) is 11.5 Å². The first-order chi connectivity index (χ1) is 15.9. The van der Waals surface area contributed by atoms with Crippen molar-refractivity contribution in [3.8, 4) is 23.4 Å². The van der Waals surface area contributed by atoms with E-state index in [9.17, 15) is 13.7 Å². The molecule has 168 valence electrons. The van der Waals surface area contributed by atoms with Crippen molar-refractivity contribution in [1.29, 1.82) is 5.26 Å². The maximum Gasteiger partial charge on any atom is 0.263 e. The minimum Gasteiger partial charge on any atom is -0.494 e. The van der Waals surface area contributed by atoms with Gasteiger partial charge in [0.15, 0.2) is 11.6 Å². The number of aromatic nitrogens is 3. The summed E-state index contributed by atoms with van der Waals surface area (Å²) in [5.41, 5.74) is 1.55. The van der Waals surface area contributed by atoms with Crippen molar-refractivity contribution in [2.24, 2.45) is 0 Å². The molecule has 0 saturated carbocycles. The van der Waals surface area contributed by atoms with Crippen LogP contribution in [0.1, 0.15) is 18.1 Å². The van der Waals surface area contributed by atoms with Crippen LogP contribution in [0.3, 0.4) is 0 Å². The first-order valence-corrected chi connectivity index (χ1v) is 11.5. The first kappa shape index (κ1) is 22.1. The van der Waals surface area contributed by atoms with E-state index < -0.39 is 10.0 Å². The number of rotatable bonds is 7. The van der Waals surface area contributed by atoms with Gasteiger partial charge in [0.2, 0.25) is 0 Å². The van der Waals surface area contributed by atoms with Gasteiger partial charge in [0.05, 0.1) is 24.8 Å². The van der Waals surface area contributed by atoms with Crippen molar-refractivity contribution in [3.63, 3.8) is 0 Å². The second kappa shape index (κ2) is 8.80. The zero-order valence-electron chi connectivity index (χ0n) is 18.2. The lowest BCUT2D eigenvalue weighted by atomic mass is 10.1. The minimum atomic E-state index is -4.01. The van der Waals surface area contributed by atoms with Gasteiger partial charge in [0, 0.05) is 5.39 Å². The molecule has 4 rings (SSSR count). The fraction of sp³-hybridized carbons (Fsp3) is 0.174. The number of sulfonamides is 1. The van der Waals surface area contributed by atoms with E-state index in [1.165, 1.54) is 23.0 Å². The lowest BCUT2D eigenvalue weighted by molar-refractivity contribution is 0.340. The van der Waals surface area contributed by atoms with E-state index >= 15 is 0 Å². The van der Waals surface area contributed by atoms with Crippen molar-refractivity contribution in [2.45, 2.75) is 18.7 Å². The van der Waals surface area contributed by atoms with Crippen molar-refractivity contribution >= 4 is 26.7 Å². The molecule has 1 N–H and O–H groups in total. The van der Waals surface area contributed by atoms with Crippen LogP contribution >= 0.6 is 0 Å². The van der Waals surface area contributed by atoms with Crippen LogP contribution in [-0.4, -0.2) is 36.9 Å². The molecule has 0 saturated heterocycles. The zero-order valence-corrected chi connectivity index (χ0v) is 19.0. The van der Waals surface area contributed by atoms with Crippen molar-refractivity contribution in [1.82, 2.24) is 14.8 Å². The highest BCUT2D eigenvalue weighted by atomic mass is 32.2. The third kappa shape index (κ3) is 4.18. The normalized spacial score (nSPS) is 11.2. The number of ether oxygens (including phenoxy) is 2. The van der Waals surface area contributed by atoms with Gasteiger partial charge in [-0.1, -0.05) is 12.1 Å². The molecule has 0 aliphatic rings. The Morgan fingerprint density at radius 3 is 2.61 bits per heavy atom. The van der Waals surface area contributed by atoms with Crippen LogP contribution in [0, 0.1) is 18.3 Å². The summed E-state index contributed by atoms with van der Waals surface area (Å²) in [6.45, 7) is 4.22. The number of pyridine rings is 1. The molecular weight excluding hydrogens is 442 g/mol. The molecule has 9 nitrogen and oxygen atoms in total. The molecule has 2 aromatic heterocycles. The fourth-order valence-electron chi connectivity index (χ4n) is 3.42. The van der Waals surface area contributed by atoms with E-state index in [4.69, 9.17) is 9.47 Å². The Kier molecular flexibility index (Phi) is 5.89. The Bertz CT molecular complexity index is 1470. The van der Waals surface area contributed by atoms with Gasteiger partial charge >= 0.3 is 0 Å². The van der Waals surface area contributed by atoms with E-state index in [-0.39, 0.29) is 16.3 Å². The molecule has 0 bridgehead atoms. The Morgan fingerprint density at radius 2 is 1.94 bits per heavy atom. The van der Waals surface area contributed by atoms with E-state index in [0.717, 1.165) is 10.9 Å². The highest BCUT2D eigenvalue weighted by Gasteiger charge is 2.22. The van der Waals surface area contributed by atoms with E-state index in [0.29, 0.717) is 29.4 Å². The largest absolute Gasteiger partial charge is 0.494 e. The van der Waals surface area contributed by atoms with Crippen LogP contribution in [0.2, 0.25) is 0 Å². The van der Waals surface area contributed by atoms with Gasteiger partial charge in [-0.25, -0.2) is 13.4 Å². The molecule has 0 unspecified atom stereocenters. The summed E-state index contributed by atoms with van der Waals surface area (Å²) in [4.78, 5) is 4.66. The van der Waals surface area contributed by atoms with Gasteiger partial charge in [-0.05, 0) is 55.8 Å². The lowest BCUT2D eigenvalue weighted by Gasteiger charge is -2.13. The SMILES string of the molecule is CCOc1ccc(S(=O)(=O)Nc2c(C#N)cnn2-c2cc(C)c3cccc(OC)c3n2)cc1. The summed E-state index contributed by atoms with van der Waals surface area (Å²) in [7, 11) is -2.46. The number of benzene rings is 2. The molecule has 33 heavy (non-hydrogen) atoms. The number of para-hydroxylation sites is 1. The van der Waals surface area contributed by atoms with Crippen molar-refractivity contribution in [2.75, 3.05) is 18.4 Å². The lowest BCUT2D eigenvalue weighted by Crippen LogP contribution is -2.17. The van der Waals surface area contributed by atoms with Crippen LogP contribution in [0.4, 0.5) is 5.82 Å². The maximum absolute atomic E-state index is 13.1. The van der Waals surface area contributed by atoms with Crippen molar-refractivity contribution in [3.05, 3.63) is 65.9 Å². The smallest absolute Gasteiger partial charge is 0.263 e. The van der Waals surface area contributed by atoms with Gasteiger partial charge in [-0.2, -0.15) is 15.0 Å². The third-order valence-corrected chi connectivity index (χ3v) is 6.35. The summed E-state index contributed by atoms with van der Waals surface area (Å²) in [6, 6.07) is 15.3. The zero-order chi connectivity index (χ0) is 23.6. The van der Waals surface area contributed by atoms with E-state index in [1.54, 1.807) is 31.4 Å². The van der Waals surface area contributed by atoms with Gasteiger partial charge in [-0.3, -0.25) is 4.72 Å². The molecule has 10 heteroatoms. The molecule has 2 aromatic carbocycles. The summed E-state index contributed by atoms with van der Waals surface area (Å²) in [5.74, 6) is 1.47. The minimum absolute atomic E-state index is 0.00691. The number of nitriles is 1. The number of methoxy groups -OCH3 is 1. The fourth-order valence-corrected chi connectivity index (χ4v) is 4.48. The molecule has 0 radical (unpaired) electrons. The predicted octanol–water partition coefficient (Wildman–Crippen LogP) is 3.81. The molecule has 0 fully saturated rings. The van der Waals surface area contributed by atoms with Crippen molar-refractivity contribution < 1.29 is 17.9 Å². The molecule has 0 amide bonds. The van der Waals surface area contributed by atoms with Gasteiger partial charge < -0.3 is 9.47 Å². The average Bonchev–Trinajstić information content (AvgIpc) is 3.21. The monoisotopic (exact) mass is 463 g/mol. The molecule has 0 aliphatic carbocycles. The average molecular weight is 464 g/mol. The number of fused-ring (bicyclic) bond motifs is 1. The Labute approximate surface area is 191 Å². The molecular formula is C23H21N5O4S. The van der Waals surface area contributed by atoms with Crippen LogP contribution < -0.4 is 14.2 Å².